The average Bonchev–Trinajstić information content (AvgIpc) is 3.30. The highest BCUT2D eigenvalue weighted by Gasteiger charge is 2.39. The molecule has 1 aliphatic rings. The molecule has 2 atom stereocenters. The first kappa shape index (κ1) is 20.8. The standard InChI is InChI=1S/C23H26FN5O2/c1-23(24)10-4-5-19(23)27-20-17(21(25)30)12-26-29-13-16(11-18(20)29)14-6-8-15(9-7-14)22(31)28(2)3/h6-9,11-13,19,27H,4-5,10H2,1-3H3,(H2,25,30). The molecule has 0 saturated heterocycles. The summed E-state index contributed by atoms with van der Waals surface area (Å²) in [5.41, 5.74) is 7.92. The number of anilines is 1. The SMILES string of the molecule is CN(C)C(=O)c1ccc(-c2cc3c(NC4CCCC4(C)F)c(C(N)=O)cnn3c2)cc1. The van der Waals surface area contributed by atoms with E-state index in [9.17, 15) is 14.0 Å². The number of primary amides is 1. The summed E-state index contributed by atoms with van der Waals surface area (Å²) in [6, 6.07) is 8.75. The molecular weight excluding hydrogens is 397 g/mol. The summed E-state index contributed by atoms with van der Waals surface area (Å²) in [4.78, 5) is 25.7. The highest BCUT2D eigenvalue weighted by atomic mass is 19.1. The summed E-state index contributed by atoms with van der Waals surface area (Å²) in [6.45, 7) is 1.58. The van der Waals surface area contributed by atoms with E-state index in [2.05, 4.69) is 10.4 Å². The minimum atomic E-state index is -1.36. The van der Waals surface area contributed by atoms with Gasteiger partial charge in [0.2, 0.25) is 0 Å². The number of amides is 2. The van der Waals surface area contributed by atoms with Crippen LogP contribution in [0, 0.1) is 0 Å². The lowest BCUT2D eigenvalue weighted by Crippen LogP contribution is -2.36. The van der Waals surface area contributed by atoms with Gasteiger partial charge in [0.25, 0.3) is 11.8 Å². The first-order valence-corrected chi connectivity index (χ1v) is 10.3. The Morgan fingerprint density at radius 1 is 1.26 bits per heavy atom. The quantitative estimate of drug-likeness (QED) is 0.657. The van der Waals surface area contributed by atoms with Crippen LogP contribution < -0.4 is 11.1 Å². The molecule has 1 aromatic carbocycles. The molecule has 1 aliphatic carbocycles. The molecular formula is C23H26FN5O2. The summed E-state index contributed by atoms with van der Waals surface area (Å²) >= 11 is 0. The number of aromatic nitrogens is 2. The van der Waals surface area contributed by atoms with Crippen LogP contribution in [-0.2, 0) is 0 Å². The zero-order chi connectivity index (χ0) is 22.3. The predicted molar refractivity (Wildman–Crippen MR) is 118 cm³/mol. The van der Waals surface area contributed by atoms with Crippen LogP contribution in [0.25, 0.3) is 16.6 Å². The number of hydrogen-bond acceptors (Lipinski definition) is 4. The Morgan fingerprint density at radius 2 is 1.97 bits per heavy atom. The maximum Gasteiger partial charge on any atom is 0.253 e. The number of fused-ring (bicyclic) bond motifs is 1. The van der Waals surface area contributed by atoms with Crippen molar-refractivity contribution < 1.29 is 14.0 Å². The largest absolute Gasteiger partial charge is 0.377 e. The fourth-order valence-electron chi connectivity index (χ4n) is 4.14. The fourth-order valence-corrected chi connectivity index (χ4v) is 4.14. The molecule has 8 heteroatoms. The third-order valence-electron chi connectivity index (χ3n) is 5.98. The molecule has 1 saturated carbocycles. The number of nitrogens with one attached hydrogen (secondary N) is 1. The third kappa shape index (κ3) is 3.85. The van der Waals surface area contributed by atoms with Crippen LogP contribution in [0.15, 0.2) is 42.7 Å². The highest BCUT2D eigenvalue weighted by molar-refractivity contribution is 6.02. The molecule has 162 valence electrons. The first-order valence-electron chi connectivity index (χ1n) is 10.3. The van der Waals surface area contributed by atoms with Gasteiger partial charge < -0.3 is 16.0 Å². The number of carbonyl (C=O) groups excluding carboxylic acids is 2. The second kappa shape index (κ2) is 7.68. The van der Waals surface area contributed by atoms with Gasteiger partial charge in [0.1, 0.15) is 5.67 Å². The van der Waals surface area contributed by atoms with Crippen LogP contribution in [0.4, 0.5) is 10.1 Å². The van der Waals surface area contributed by atoms with Gasteiger partial charge in [-0.3, -0.25) is 9.59 Å². The molecule has 4 rings (SSSR count). The monoisotopic (exact) mass is 423 g/mol. The van der Waals surface area contributed by atoms with Gasteiger partial charge in [-0.1, -0.05) is 12.1 Å². The van der Waals surface area contributed by atoms with E-state index in [0.29, 0.717) is 29.6 Å². The second-order valence-electron chi connectivity index (χ2n) is 8.50. The smallest absolute Gasteiger partial charge is 0.253 e. The highest BCUT2D eigenvalue weighted by Crippen LogP contribution is 2.37. The molecule has 7 nitrogen and oxygen atoms in total. The number of alkyl halides is 1. The van der Waals surface area contributed by atoms with Gasteiger partial charge in [-0.2, -0.15) is 5.10 Å². The topological polar surface area (TPSA) is 92.7 Å². The van der Waals surface area contributed by atoms with Gasteiger partial charge in [-0.25, -0.2) is 8.91 Å². The normalized spacial score (nSPS) is 20.7. The summed E-state index contributed by atoms with van der Waals surface area (Å²) in [6.07, 6.45) is 5.17. The number of nitrogens with two attached hydrogens (primary N) is 1. The summed E-state index contributed by atoms with van der Waals surface area (Å²) in [5, 5.41) is 7.55. The fraction of sp³-hybridized carbons (Fsp3) is 0.348. The van der Waals surface area contributed by atoms with Crippen molar-refractivity contribution in [3.8, 4) is 11.1 Å². The van der Waals surface area contributed by atoms with Gasteiger partial charge in [0.05, 0.1) is 29.0 Å². The van der Waals surface area contributed by atoms with Crippen molar-refractivity contribution in [3.05, 3.63) is 53.9 Å². The van der Waals surface area contributed by atoms with E-state index in [0.717, 1.165) is 17.5 Å². The van der Waals surface area contributed by atoms with Crippen molar-refractivity contribution in [2.24, 2.45) is 5.73 Å². The Balaban J connectivity index is 1.75. The van der Waals surface area contributed by atoms with E-state index in [1.54, 1.807) is 37.7 Å². The van der Waals surface area contributed by atoms with Crippen LogP contribution in [0.5, 0.6) is 0 Å². The van der Waals surface area contributed by atoms with Gasteiger partial charge in [0.15, 0.2) is 0 Å². The van der Waals surface area contributed by atoms with Crippen LogP contribution in [0.3, 0.4) is 0 Å². The minimum Gasteiger partial charge on any atom is -0.377 e. The van der Waals surface area contributed by atoms with Gasteiger partial charge in [-0.15, -0.1) is 0 Å². The van der Waals surface area contributed by atoms with Gasteiger partial charge in [0, 0.05) is 31.4 Å². The molecule has 3 aromatic rings. The second-order valence-corrected chi connectivity index (χ2v) is 8.50. The Hall–Kier alpha value is -3.42. The summed E-state index contributed by atoms with van der Waals surface area (Å²) < 4.78 is 16.5. The molecule has 0 radical (unpaired) electrons. The van der Waals surface area contributed by atoms with Crippen molar-refractivity contribution in [2.45, 2.75) is 37.9 Å². The predicted octanol–water partition coefficient (Wildman–Crippen LogP) is 3.49. The van der Waals surface area contributed by atoms with E-state index in [4.69, 9.17) is 5.73 Å². The Morgan fingerprint density at radius 3 is 2.55 bits per heavy atom. The zero-order valence-electron chi connectivity index (χ0n) is 17.9. The first-order chi connectivity index (χ1) is 14.7. The minimum absolute atomic E-state index is 0.0707. The van der Waals surface area contributed by atoms with Crippen molar-refractivity contribution >= 4 is 23.0 Å². The number of nitrogens with zero attached hydrogens (tertiary/aromatic N) is 3. The Bertz CT molecular complexity index is 1150. The maximum absolute atomic E-state index is 14.9. The van der Waals surface area contributed by atoms with Crippen LogP contribution in [0.2, 0.25) is 0 Å². The number of halogens is 1. The van der Waals surface area contributed by atoms with E-state index < -0.39 is 17.6 Å². The van der Waals surface area contributed by atoms with Gasteiger partial charge >= 0.3 is 0 Å². The summed E-state index contributed by atoms with van der Waals surface area (Å²) in [5.74, 6) is -0.691. The number of benzene rings is 1. The average molecular weight is 423 g/mol. The van der Waals surface area contributed by atoms with Gasteiger partial charge in [-0.05, 0) is 49.9 Å². The maximum atomic E-state index is 14.9. The number of carbonyl (C=O) groups is 2. The van der Waals surface area contributed by atoms with E-state index in [1.807, 2.05) is 24.4 Å². The molecule has 0 aliphatic heterocycles. The Kier molecular flexibility index (Phi) is 5.16. The molecule has 2 aromatic heterocycles. The van der Waals surface area contributed by atoms with Crippen molar-refractivity contribution in [1.82, 2.24) is 14.5 Å². The third-order valence-corrected chi connectivity index (χ3v) is 5.98. The molecule has 2 heterocycles. The van der Waals surface area contributed by atoms with Crippen LogP contribution in [0.1, 0.15) is 46.9 Å². The number of rotatable bonds is 5. The van der Waals surface area contributed by atoms with E-state index in [1.165, 1.54) is 11.1 Å². The molecule has 2 unspecified atom stereocenters. The van der Waals surface area contributed by atoms with Crippen LogP contribution >= 0.6 is 0 Å². The lowest BCUT2D eigenvalue weighted by Gasteiger charge is -2.26. The summed E-state index contributed by atoms with van der Waals surface area (Å²) in [7, 11) is 3.42. The Labute approximate surface area is 180 Å². The van der Waals surface area contributed by atoms with Crippen molar-refractivity contribution in [2.75, 3.05) is 19.4 Å². The molecule has 31 heavy (non-hydrogen) atoms. The van der Waals surface area contributed by atoms with Crippen LogP contribution in [-0.4, -0.2) is 52.1 Å². The lowest BCUT2D eigenvalue weighted by atomic mass is 10.0. The van der Waals surface area contributed by atoms with Crippen molar-refractivity contribution in [1.29, 1.82) is 0 Å². The number of hydrogen-bond donors (Lipinski definition) is 2. The zero-order valence-corrected chi connectivity index (χ0v) is 17.9. The molecule has 0 spiro atoms. The van der Waals surface area contributed by atoms with E-state index in [-0.39, 0.29) is 11.5 Å². The lowest BCUT2D eigenvalue weighted by molar-refractivity contribution is 0.0827. The molecule has 2 amide bonds. The molecule has 0 bridgehead atoms. The molecule has 1 fully saturated rings. The van der Waals surface area contributed by atoms with Crippen molar-refractivity contribution in [3.63, 3.8) is 0 Å². The molecule has 3 N–H and O–H groups in total. The van der Waals surface area contributed by atoms with E-state index >= 15 is 0 Å².